The summed E-state index contributed by atoms with van der Waals surface area (Å²) in [6.07, 6.45) is 1.09. The van der Waals surface area contributed by atoms with Crippen molar-refractivity contribution in [2.75, 3.05) is 26.2 Å². The molecule has 0 aromatic carbocycles. The number of hydrogen-bond acceptors (Lipinski definition) is 4. The fourth-order valence-electron chi connectivity index (χ4n) is 2.86. The van der Waals surface area contributed by atoms with E-state index in [1.54, 1.807) is 0 Å². The molecule has 20 heavy (non-hydrogen) atoms. The second-order valence-electron chi connectivity index (χ2n) is 5.70. The van der Waals surface area contributed by atoms with Crippen LogP contribution in [0.1, 0.15) is 40.5 Å². The zero-order chi connectivity index (χ0) is 15.3. The van der Waals surface area contributed by atoms with E-state index in [0.717, 1.165) is 13.1 Å². The highest BCUT2D eigenvalue weighted by Crippen LogP contribution is 2.30. The van der Waals surface area contributed by atoms with Gasteiger partial charge < -0.3 is 15.8 Å². The van der Waals surface area contributed by atoms with Crippen molar-refractivity contribution in [3.8, 4) is 0 Å². The first kappa shape index (κ1) is 16.8. The molecule has 0 aliphatic carbocycles. The Morgan fingerprint density at radius 1 is 1.25 bits per heavy atom. The fraction of sp³-hybridized carbons (Fsp3) is 0.857. The molecule has 6 nitrogen and oxygen atoms in total. The molecule has 1 fully saturated rings. The standard InChI is InChI=1S/C14H28N4O2/c1-5-14(6-2,12(15)16-20)13(19)18-9-7-17(8-10-18)11(3)4/h11,20H,5-10H2,1-4H3,(H2,15,16). The van der Waals surface area contributed by atoms with Crippen LogP contribution in [-0.4, -0.2) is 59.0 Å². The maximum Gasteiger partial charge on any atom is 0.236 e. The largest absolute Gasteiger partial charge is 0.409 e. The molecule has 0 aromatic rings. The topological polar surface area (TPSA) is 82.2 Å². The number of oxime groups is 1. The summed E-state index contributed by atoms with van der Waals surface area (Å²) in [5.41, 5.74) is 4.93. The van der Waals surface area contributed by atoms with Crippen LogP contribution in [0.5, 0.6) is 0 Å². The van der Waals surface area contributed by atoms with Crippen molar-refractivity contribution < 1.29 is 10.0 Å². The Morgan fingerprint density at radius 2 is 1.75 bits per heavy atom. The van der Waals surface area contributed by atoms with E-state index in [9.17, 15) is 4.79 Å². The van der Waals surface area contributed by atoms with Crippen LogP contribution >= 0.6 is 0 Å². The monoisotopic (exact) mass is 284 g/mol. The van der Waals surface area contributed by atoms with E-state index in [-0.39, 0.29) is 11.7 Å². The number of carbonyl (C=O) groups is 1. The van der Waals surface area contributed by atoms with Crippen molar-refractivity contribution in [1.29, 1.82) is 0 Å². The summed E-state index contributed by atoms with van der Waals surface area (Å²) >= 11 is 0. The molecule has 0 spiro atoms. The Morgan fingerprint density at radius 3 is 2.10 bits per heavy atom. The van der Waals surface area contributed by atoms with Crippen LogP contribution in [-0.2, 0) is 4.79 Å². The highest BCUT2D eigenvalue weighted by Gasteiger charge is 2.43. The number of amidine groups is 1. The van der Waals surface area contributed by atoms with E-state index in [0.29, 0.717) is 32.0 Å². The summed E-state index contributed by atoms with van der Waals surface area (Å²) in [7, 11) is 0. The van der Waals surface area contributed by atoms with E-state index in [1.165, 1.54) is 0 Å². The lowest BCUT2D eigenvalue weighted by atomic mass is 9.79. The van der Waals surface area contributed by atoms with Crippen molar-refractivity contribution in [3.63, 3.8) is 0 Å². The van der Waals surface area contributed by atoms with Gasteiger partial charge in [-0.15, -0.1) is 0 Å². The molecule has 6 heteroatoms. The van der Waals surface area contributed by atoms with Crippen molar-refractivity contribution in [3.05, 3.63) is 0 Å². The second kappa shape index (κ2) is 6.92. The van der Waals surface area contributed by atoms with Gasteiger partial charge in [0.25, 0.3) is 0 Å². The predicted octanol–water partition coefficient (Wildman–Crippen LogP) is 1.09. The van der Waals surface area contributed by atoms with Crippen LogP contribution in [0.4, 0.5) is 0 Å². The molecule has 0 atom stereocenters. The van der Waals surface area contributed by atoms with Gasteiger partial charge in [0.05, 0.1) is 0 Å². The molecule has 0 radical (unpaired) electrons. The molecule has 1 heterocycles. The minimum Gasteiger partial charge on any atom is -0.409 e. The first-order valence-corrected chi connectivity index (χ1v) is 7.44. The Balaban J connectivity index is 2.83. The predicted molar refractivity (Wildman–Crippen MR) is 79.7 cm³/mol. The molecule has 116 valence electrons. The van der Waals surface area contributed by atoms with Crippen LogP contribution in [0.25, 0.3) is 0 Å². The van der Waals surface area contributed by atoms with E-state index in [4.69, 9.17) is 10.9 Å². The summed E-state index contributed by atoms with van der Waals surface area (Å²) < 4.78 is 0. The van der Waals surface area contributed by atoms with Crippen LogP contribution in [0.2, 0.25) is 0 Å². The van der Waals surface area contributed by atoms with Gasteiger partial charge in [-0.1, -0.05) is 19.0 Å². The Bertz CT molecular complexity index is 356. The SMILES string of the molecule is CCC(CC)(C(=O)N1CCN(C(C)C)CC1)C(N)=NO. The average Bonchev–Trinajstić information content (AvgIpc) is 2.48. The minimum absolute atomic E-state index is 0.0128. The Labute approximate surface area is 121 Å². The number of carbonyl (C=O) groups excluding carboxylic acids is 1. The molecular formula is C14H28N4O2. The van der Waals surface area contributed by atoms with Crippen molar-refractivity contribution in [1.82, 2.24) is 9.80 Å². The van der Waals surface area contributed by atoms with Crippen molar-refractivity contribution in [2.45, 2.75) is 46.6 Å². The van der Waals surface area contributed by atoms with Crippen LogP contribution in [0, 0.1) is 5.41 Å². The van der Waals surface area contributed by atoms with Crippen molar-refractivity contribution in [2.24, 2.45) is 16.3 Å². The van der Waals surface area contributed by atoms with Gasteiger partial charge in [-0.3, -0.25) is 9.69 Å². The molecule has 0 aromatic heterocycles. The lowest BCUT2D eigenvalue weighted by Gasteiger charge is -2.41. The van der Waals surface area contributed by atoms with E-state index in [2.05, 4.69) is 23.9 Å². The third kappa shape index (κ3) is 3.06. The Kier molecular flexibility index (Phi) is 5.80. The van der Waals surface area contributed by atoms with Gasteiger partial charge in [-0.2, -0.15) is 0 Å². The van der Waals surface area contributed by atoms with Gasteiger partial charge in [-0.25, -0.2) is 0 Å². The molecule has 1 aliphatic heterocycles. The molecular weight excluding hydrogens is 256 g/mol. The summed E-state index contributed by atoms with van der Waals surface area (Å²) in [5.74, 6) is 0.0139. The van der Waals surface area contributed by atoms with Crippen LogP contribution in [0.3, 0.4) is 0 Å². The normalized spacial score (nSPS) is 18.6. The first-order chi connectivity index (χ1) is 9.42. The molecule has 0 unspecified atom stereocenters. The summed E-state index contributed by atoms with van der Waals surface area (Å²) in [6.45, 7) is 11.3. The van der Waals surface area contributed by atoms with Crippen molar-refractivity contribution >= 4 is 11.7 Å². The van der Waals surface area contributed by atoms with Crippen LogP contribution < -0.4 is 5.73 Å². The lowest BCUT2D eigenvalue weighted by molar-refractivity contribution is -0.141. The average molecular weight is 284 g/mol. The fourth-order valence-corrected chi connectivity index (χ4v) is 2.86. The lowest BCUT2D eigenvalue weighted by Crippen LogP contribution is -2.57. The number of nitrogens with zero attached hydrogens (tertiary/aromatic N) is 3. The van der Waals surface area contributed by atoms with Gasteiger partial charge in [0.2, 0.25) is 5.91 Å². The highest BCUT2D eigenvalue weighted by atomic mass is 16.4. The van der Waals surface area contributed by atoms with E-state index < -0.39 is 5.41 Å². The number of rotatable bonds is 5. The third-order valence-electron chi connectivity index (χ3n) is 4.55. The van der Waals surface area contributed by atoms with Gasteiger partial charge in [-0.05, 0) is 26.7 Å². The summed E-state index contributed by atoms with van der Waals surface area (Å²) in [4.78, 5) is 17.0. The van der Waals surface area contributed by atoms with Gasteiger partial charge in [0, 0.05) is 32.2 Å². The minimum atomic E-state index is -0.866. The number of piperazine rings is 1. The third-order valence-corrected chi connectivity index (χ3v) is 4.55. The maximum atomic E-state index is 12.8. The van der Waals surface area contributed by atoms with Crippen LogP contribution in [0.15, 0.2) is 5.16 Å². The molecule has 1 saturated heterocycles. The zero-order valence-electron chi connectivity index (χ0n) is 13.1. The second-order valence-corrected chi connectivity index (χ2v) is 5.70. The molecule has 1 aliphatic rings. The number of nitrogens with two attached hydrogens (primary N) is 1. The summed E-state index contributed by atoms with van der Waals surface area (Å²) in [6, 6.07) is 0.499. The highest BCUT2D eigenvalue weighted by molar-refractivity contribution is 6.06. The smallest absolute Gasteiger partial charge is 0.236 e. The summed E-state index contributed by atoms with van der Waals surface area (Å²) in [5, 5.41) is 12.1. The Hall–Kier alpha value is -1.30. The quantitative estimate of drug-likeness (QED) is 0.343. The van der Waals surface area contributed by atoms with Gasteiger partial charge in [0.1, 0.15) is 5.41 Å². The molecule has 1 rings (SSSR count). The first-order valence-electron chi connectivity index (χ1n) is 7.44. The molecule has 0 bridgehead atoms. The maximum absolute atomic E-state index is 12.8. The van der Waals surface area contributed by atoms with E-state index >= 15 is 0 Å². The molecule has 0 saturated carbocycles. The number of amides is 1. The van der Waals surface area contributed by atoms with Gasteiger partial charge in [0.15, 0.2) is 5.84 Å². The van der Waals surface area contributed by atoms with Gasteiger partial charge >= 0.3 is 0 Å². The molecule has 1 amide bonds. The zero-order valence-corrected chi connectivity index (χ0v) is 13.1. The molecule has 3 N–H and O–H groups in total. The number of hydrogen-bond donors (Lipinski definition) is 2. The van der Waals surface area contributed by atoms with E-state index in [1.807, 2.05) is 18.7 Å².